The lowest BCUT2D eigenvalue weighted by molar-refractivity contribution is 0.197. The molecule has 0 unspecified atom stereocenters. The van der Waals surface area contributed by atoms with Crippen molar-refractivity contribution in [2.75, 3.05) is 6.61 Å². The number of hydrogen-bond acceptors (Lipinski definition) is 1. The summed E-state index contributed by atoms with van der Waals surface area (Å²) in [4.78, 5) is 4.22. The molecule has 0 saturated carbocycles. The number of benzene rings is 1. The van der Waals surface area contributed by atoms with Gasteiger partial charge in [-0.3, -0.25) is 4.98 Å². The lowest BCUT2D eigenvalue weighted by Crippen LogP contribution is -1.91. The molecule has 65 valence electrons. The molecule has 13 heavy (non-hydrogen) atoms. The van der Waals surface area contributed by atoms with Gasteiger partial charge in [0.25, 0.3) is 0 Å². The molecule has 0 saturated heterocycles. The van der Waals surface area contributed by atoms with E-state index in [9.17, 15) is 5.11 Å². The maximum Gasteiger partial charge on any atom is 0.0862 e. The van der Waals surface area contributed by atoms with Crippen LogP contribution in [0, 0.1) is 0 Å². The van der Waals surface area contributed by atoms with Crippen molar-refractivity contribution in [3.8, 4) is 0 Å². The predicted octanol–water partition coefficient (Wildman–Crippen LogP) is 2.21. The van der Waals surface area contributed by atoms with Crippen molar-refractivity contribution in [1.82, 2.24) is 4.98 Å². The molecule has 1 aromatic heterocycles. The van der Waals surface area contributed by atoms with Crippen molar-refractivity contribution in [2.45, 2.75) is 6.42 Å². The number of hydrogen-bond donors (Lipinski definition) is 0. The van der Waals surface area contributed by atoms with Crippen LogP contribution in [0.1, 0.15) is 5.56 Å². The van der Waals surface area contributed by atoms with Crippen LogP contribution in [0.25, 0.3) is 10.9 Å². The summed E-state index contributed by atoms with van der Waals surface area (Å²) in [6.07, 6.45) is 2.35. The van der Waals surface area contributed by atoms with Gasteiger partial charge in [0.15, 0.2) is 0 Å². The van der Waals surface area contributed by atoms with E-state index in [2.05, 4.69) is 4.98 Å². The highest BCUT2D eigenvalue weighted by Crippen LogP contribution is 2.16. The summed E-state index contributed by atoms with van der Waals surface area (Å²) >= 11 is 0. The smallest absolute Gasteiger partial charge is 0.0862 e. The Balaban J connectivity index is 2.61. The summed E-state index contributed by atoms with van der Waals surface area (Å²) in [5, 5.41) is 11.6. The van der Waals surface area contributed by atoms with E-state index in [4.69, 9.17) is 0 Å². The van der Waals surface area contributed by atoms with E-state index < -0.39 is 0 Å². The minimum absolute atomic E-state index is 0.0615. The topological polar surface area (TPSA) is 32.8 Å². The first-order chi connectivity index (χ1) is 6.42. The largest absolute Gasteiger partial charge is 0.256 e. The van der Waals surface area contributed by atoms with Crippen LogP contribution in [0.3, 0.4) is 0 Å². The minimum Gasteiger partial charge on any atom is -0.256 e. The molecule has 0 aliphatic rings. The highest BCUT2D eigenvalue weighted by atomic mass is 16.2. The van der Waals surface area contributed by atoms with Gasteiger partial charge < -0.3 is 0 Å². The number of fused-ring (bicyclic) bond motifs is 1. The Hall–Kier alpha value is -1.41. The standard InChI is InChI=1S/C11H10NO/c13-8-6-9-3-1-5-11-10(9)4-2-7-12-11/h1-5,7H,6,8H2. The van der Waals surface area contributed by atoms with Crippen molar-refractivity contribution in [3.63, 3.8) is 0 Å². The monoisotopic (exact) mass is 172 g/mol. The molecule has 2 aromatic rings. The summed E-state index contributed by atoms with van der Waals surface area (Å²) in [5.74, 6) is 0. The fourth-order valence-corrected chi connectivity index (χ4v) is 1.50. The van der Waals surface area contributed by atoms with Crippen molar-refractivity contribution in [2.24, 2.45) is 0 Å². The molecule has 2 rings (SSSR count). The fraction of sp³-hybridized carbons (Fsp3) is 0.182. The van der Waals surface area contributed by atoms with Crippen LogP contribution in [-0.4, -0.2) is 11.6 Å². The van der Waals surface area contributed by atoms with E-state index >= 15 is 0 Å². The first kappa shape index (κ1) is 8.20. The predicted molar refractivity (Wildman–Crippen MR) is 51.0 cm³/mol. The van der Waals surface area contributed by atoms with Gasteiger partial charge in [-0.05, 0) is 24.1 Å². The van der Waals surface area contributed by atoms with Gasteiger partial charge in [0.2, 0.25) is 0 Å². The summed E-state index contributed by atoms with van der Waals surface area (Å²) in [5.41, 5.74) is 2.06. The van der Waals surface area contributed by atoms with Crippen molar-refractivity contribution < 1.29 is 5.11 Å². The quantitative estimate of drug-likeness (QED) is 0.683. The lowest BCUT2D eigenvalue weighted by atomic mass is 10.1. The third kappa shape index (κ3) is 1.53. The second-order valence-electron chi connectivity index (χ2n) is 2.94. The molecular weight excluding hydrogens is 162 g/mol. The van der Waals surface area contributed by atoms with E-state index in [1.165, 1.54) is 0 Å². The van der Waals surface area contributed by atoms with Crippen molar-refractivity contribution in [3.05, 3.63) is 42.1 Å². The molecule has 0 aliphatic carbocycles. The average molecular weight is 172 g/mol. The molecule has 0 spiro atoms. The van der Waals surface area contributed by atoms with Gasteiger partial charge in [-0.1, -0.05) is 18.2 Å². The van der Waals surface area contributed by atoms with Gasteiger partial charge in [0.1, 0.15) is 0 Å². The molecule has 0 bridgehead atoms. The second kappa shape index (κ2) is 3.54. The van der Waals surface area contributed by atoms with Gasteiger partial charge in [0, 0.05) is 11.6 Å². The Morgan fingerprint density at radius 2 is 2.08 bits per heavy atom. The van der Waals surface area contributed by atoms with Crippen molar-refractivity contribution in [1.29, 1.82) is 0 Å². The van der Waals surface area contributed by atoms with Crippen LogP contribution in [0.2, 0.25) is 0 Å². The molecule has 2 nitrogen and oxygen atoms in total. The van der Waals surface area contributed by atoms with Gasteiger partial charge in [0.05, 0.1) is 12.1 Å². The zero-order chi connectivity index (χ0) is 9.10. The molecular formula is C11H10NO. The summed E-state index contributed by atoms with van der Waals surface area (Å²) in [7, 11) is 0. The highest BCUT2D eigenvalue weighted by molar-refractivity contribution is 5.81. The Labute approximate surface area is 76.9 Å². The molecule has 1 aromatic carbocycles. The van der Waals surface area contributed by atoms with Crippen LogP contribution in [0.15, 0.2) is 36.5 Å². The van der Waals surface area contributed by atoms with Gasteiger partial charge in [-0.2, -0.15) is 0 Å². The minimum atomic E-state index is -0.0615. The molecule has 0 N–H and O–H groups in total. The molecule has 0 atom stereocenters. The van der Waals surface area contributed by atoms with Crippen LogP contribution in [-0.2, 0) is 11.5 Å². The van der Waals surface area contributed by atoms with Crippen LogP contribution >= 0.6 is 0 Å². The molecule has 0 aliphatic heterocycles. The number of rotatable bonds is 2. The first-order valence-electron chi connectivity index (χ1n) is 4.32. The summed E-state index contributed by atoms with van der Waals surface area (Å²) < 4.78 is 0. The second-order valence-corrected chi connectivity index (χ2v) is 2.94. The lowest BCUT2D eigenvalue weighted by Gasteiger charge is -2.02. The Bertz CT molecular complexity index is 406. The van der Waals surface area contributed by atoms with E-state index in [1.807, 2.05) is 30.3 Å². The van der Waals surface area contributed by atoms with Crippen LogP contribution in [0.5, 0.6) is 0 Å². The van der Waals surface area contributed by atoms with Gasteiger partial charge >= 0.3 is 0 Å². The maximum atomic E-state index is 10.5. The maximum absolute atomic E-state index is 10.5. The van der Waals surface area contributed by atoms with E-state index in [0.717, 1.165) is 16.5 Å². The Morgan fingerprint density at radius 1 is 1.15 bits per heavy atom. The number of pyridine rings is 1. The number of nitrogens with zero attached hydrogens (tertiary/aromatic N) is 1. The molecule has 2 heteroatoms. The Morgan fingerprint density at radius 3 is 2.92 bits per heavy atom. The highest BCUT2D eigenvalue weighted by Gasteiger charge is 1.99. The number of aromatic nitrogens is 1. The zero-order valence-corrected chi connectivity index (χ0v) is 7.23. The SMILES string of the molecule is [O]CCc1cccc2ncccc12. The molecule has 0 fully saturated rings. The zero-order valence-electron chi connectivity index (χ0n) is 7.23. The first-order valence-corrected chi connectivity index (χ1v) is 4.32. The fourth-order valence-electron chi connectivity index (χ4n) is 1.50. The summed E-state index contributed by atoms with van der Waals surface area (Å²) in [6, 6.07) is 9.80. The van der Waals surface area contributed by atoms with Crippen LogP contribution < -0.4 is 0 Å². The van der Waals surface area contributed by atoms with E-state index in [1.54, 1.807) is 6.20 Å². The third-order valence-corrected chi connectivity index (χ3v) is 2.11. The normalized spacial score (nSPS) is 10.5. The van der Waals surface area contributed by atoms with Gasteiger partial charge in [-0.25, -0.2) is 5.11 Å². The third-order valence-electron chi connectivity index (χ3n) is 2.11. The average Bonchev–Trinajstić information content (AvgIpc) is 2.19. The van der Waals surface area contributed by atoms with E-state index in [-0.39, 0.29) is 6.61 Å². The molecule has 0 amide bonds. The van der Waals surface area contributed by atoms with Gasteiger partial charge in [-0.15, -0.1) is 0 Å². The van der Waals surface area contributed by atoms with E-state index in [0.29, 0.717) is 6.42 Å². The molecule has 1 heterocycles. The van der Waals surface area contributed by atoms with Crippen LogP contribution in [0.4, 0.5) is 0 Å². The Kier molecular flexibility index (Phi) is 2.23. The van der Waals surface area contributed by atoms with Crippen molar-refractivity contribution >= 4 is 10.9 Å². The summed E-state index contributed by atoms with van der Waals surface area (Å²) in [6.45, 7) is -0.0615. The molecule has 1 radical (unpaired) electrons.